The highest BCUT2D eigenvalue weighted by atomic mass is 35.5. The van der Waals surface area contributed by atoms with Gasteiger partial charge in [0.15, 0.2) is 12.4 Å². The molecule has 136 valence electrons. The minimum Gasteiger partial charge on any atom is -0.485 e. The summed E-state index contributed by atoms with van der Waals surface area (Å²) in [4.78, 5) is 35.2. The molecule has 2 aromatic rings. The lowest BCUT2D eigenvalue weighted by Crippen LogP contribution is -2.16. The Morgan fingerprint density at radius 2 is 1.81 bits per heavy atom. The van der Waals surface area contributed by atoms with Crippen LogP contribution in [0.15, 0.2) is 42.5 Å². The van der Waals surface area contributed by atoms with Gasteiger partial charge in [-0.3, -0.25) is 14.4 Å². The molecule has 0 atom stereocenters. The first-order valence-electron chi connectivity index (χ1n) is 8.06. The van der Waals surface area contributed by atoms with E-state index in [0.29, 0.717) is 22.7 Å². The second-order valence-electron chi connectivity index (χ2n) is 5.59. The SMILES string of the molecule is CCCC(=O)Nc1ccc(C(=O)COc2ccc(Cl)cc2C(N)=O)cc1. The van der Waals surface area contributed by atoms with Crippen LogP contribution in [-0.2, 0) is 4.79 Å². The average Bonchev–Trinajstić information content (AvgIpc) is 2.61. The number of carbonyl (C=O) groups excluding carboxylic acids is 3. The molecule has 0 saturated heterocycles. The molecule has 0 aliphatic carbocycles. The van der Waals surface area contributed by atoms with Crippen molar-refractivity contribution in [3.63, 3.8) is 0 Å². The van der Waals surface area contributed by atoms with E-state index in [9.17, 15) is 14.4 Å². The van der Waals surface area contributed by atoms with Gasteiger partial charge in [0.2, 0.25) is 5.91 Å². The van der Waals surface area contributed by atoms with E-state index in [-0.39, 0.29) is 29.6 Å². The highest BCUT2D eigenvalue weighted by Crippen LogP contribution is 2.23. The fourth-order valence-electron chi connectivity index (χ4n) is 2.24. The molecular formula is C19H19ClN2O4. The van der Waals surface area contributed by atoms with Gasteiger partial charge in [0.1, 0.15) is 5.75 Å². The number of ether oxygens (including phenoxy) is 1. The summed E-state index contributed by atoms with van der Waals surface area (Å²) in [5, 5.41) is 3.09. The molecule has 7 heteroatoms. The minimum absolute atomic E-state index is 0.0726. The van der Waals surface area contributed by atoms with Crippen molar-refractivity contribution in [2.45, 2.75) is 19.8 Å². The lowest BCUT2D eigenvalue weighted by Gasteiger charge is -2.10. The number of hydrogen-bond donors (Lipinski definition) is 2. The van der Waals surface area contributed by atoms with Crippen LogP contribution in [0, 0.1) is 0 Å². The standard InChI is InChI=1S/C19H19ClN2O4/c1-2-3-18(24)22-14-7-4-12(5-8-14)16(23)11-26-17-9-6-13(20)10-15(17)19(21)25/h4-10H,2-3,11H2,1H3,(H2,21,25)(H,22,24). The van der Waals surface area contributed by atoms with Crippen LogP contribution in [0.1, 0.15) is 40.5 Å². The molecule has 0 fully saturated rings. The summed E-state index contributed by atoms with van der Waals surface area (Å²) in [6.45, 7) is 1.66. The third-order valence-electron chi connectivity index (χ3n) is 3.53. The summed E-state index contributed by atoms with van der Waals surface area (Å²) < 4.78 is 5.42. The van der Waals surface area contributed by atoms with Gasteiger partial charge in [0, 0.05) is 22.7 Å². The van der Waals surface area contributed by atoms with Crippen molar-refractivity contribution in [3.05, 3.63) is 58.6 Å². The summed E-state index contributed by atoms with van der Waals surface area (Å²) in [6, 6.07) is 10.9. The fourth-order valence-corrected chi connectivity index (χ4v) is 2.41. The molecule has 6 nitrogen and oxygen atoms in total. The maximum atomic E-state index is 12.2. The quantitative estimate of drug-likeness (QED) is 0.691. The summed E-state index contributed by atoms with van der Waals surface area (Å²) in [5.41, 5.74) is 6.44. The maximum absolute atomic E-state index is 12.2. The smallest absolute Gasteiger partial charge is 0.252 e. The lowest BCUT2D eigenvalue weighted by atomic mass is 10.1. The Bertz CT molecular complexity index is 819. The molecule has 0 aliphatic rings. The van der Waals surface area contributed by atoms with Gasteiger partial charge in [-0.1, -0.05) is 18.5 Å². The number of halogens is 1. The molecule has 26 heavy (non-hydrogen) atoms. The van der Waals surface area contributed by atoms with Crippen molar-refractivity contribution in [2.75, 3.05) is 11.9 Å². The number of amides is 2. The lowest BCUT2D eigenvalue weighted by molar-refractivity contribution is -0.116. The van der Waals surface area contributed by atoms with Crippen molar-refractivity contribution < 1.29 is 19.1 Å². The maximum Gasteiger partial charge on any atom is 0.252 e. The van der Waals surface area contributed by atoms with Crippen molar-refractivity contribution in [3.8, 4) is 5.75 Å². The molecule has 2 amide bonds. The Hall–Kier alpha value is -2.86. The van der Waals surface area contributed by atoms with Crippen LogP contribution >= 0.6 is 11.6 Å². The molecule has 0 heterocycles. The molecule has 0 aromatic heterocycles. The van der Waals surface area contributed by atoms with Gasteiger partial charge in [-0.25, -0.2) is 0 Å². The van der Waals surface area contributed by atoms with Gasteiger partial charge < -0.3 is 15.8 Å². The summed E-state index contributed by atoms with van der Waals surface area (Å²) in [7, 11) is 0. The molecule has 0 spiro atoms. The van der Waals surface area contributed by atoms with Crippen LogP contribution in [0.25, 0.3) is 0 Å². The summed E-state index contributed by atoms with van der Waals surface area (Å²) in [5.74, 6) is -0.848. The topological polar surface area (TPSA) is 98.5 Å². The molecule has 0 bridgehead atoms. The Kier molecular flexibility index (Phi) is 6.74. The van der Waals surface area contributed by atoms with Crippen molar-refractivity contribution >= 4 is 34.9 Å². The van der Waals surface area contributed by atoms with Crippen LogP contribution in [0.3, 0.4) is 0 Å². The first kappa shape index (κ1) is 19.5. The molecule has 0 radical (unpaired) electrons. The van der Waals surface area contributed by atoms with E-state index in [1.54, 1.807) is 30.3 Å². The number of hydrogen-bond acceptors (Lipinski definition) is 4. The number of nitrogens with one attached hydrogen (secondary N) is 1. The zero-order valence-electron chi connectivity index (χ0n) is 14.3. The zero-order valence-corrected chi connectivity index (χ0v) is 15.0. The minimum atomic E-state index is -0.692. The van der Waals surface area contributed by atoms with E-state index in [4.69, 9.17) is 22.1 Å². The van der Waals surface area contributed by atoms with Gasteiger partial charge >= 0.3 is 0 Å². The van der Waals surface area contributed by atoms with Crippen LogP contribution in [0.2, 0.25) is 5.02 Å². The molecule has 3 N–H and O–H groups in total. The molecule has 2 aromatic carbocycles. The largest absolute Gasteiger partial charge is 0.485 e. The van der Waals surface area contributed by atoms with E-state index >= 15 is 0 Å². The van der Waals surface area contributed by atoms with E-state index in [2.05, 4.69) is 5.32 Å². The second-order valence-corrected chi connectivity index (χ2v) is 6.03. The average molecular weight is 375 g/mol. The Morgan fingerprint density at radius 3 is 2.42 bits per heavy atom. The zero-order chi connectivity index (χ0) is 19.1. The summed E-state index contributed by atoms with van der Waals surface area (Å²) in [6.07, 6.45) is 1.20. The second kappa shape index (κ2) is 9.01. The van der Waals surface area contributed by atoms with Gasteiger partial charge in [0.05, 0.1) is 5.56 Å². The van der Waals surface area contributed by atoms with Crippen molar-refractivity contribution in [1.29, 1.82) is 0 Å². The van der Waals surface area contributed by atoms with Gasteiger partial charge in [-0.05, 0) is 48.9 Å². The summed E-state index contributed by atoms with van der Waals surface area (Å²) >= 11 is 5.83. The monoisotopic (exact) mass is 374 g/mol. The van der Waals surface area contributed by atoms with Crippen molar-refractivity contribution in [2.24, 2.45) is 5.73 Å². The Balaban J connectivity index is 2.00. The first-order valence-corrected chi connectivity index (χ1v) is 8.43. The number of ketones is 1. The highest BCUT2D eigenvalue weighted by Gasteiger charge is 2.13. The number of carbonyl (C=O) groups is 3. The molecule has 0 aliphatic heterocycles. The van der Waals surface area contributed by atoms with Gasteiger partial charge in [-0.15, -0.1) is 0 Å². The third kappa shape index (κ3) is 5.32. The van der Waals surface area contributed by atoms with E-state index < -0.39 is 5.91 Å². The van der Waals surface area contributed by atoms with E-state index in [0.717, 1.165) is 6.42 Å². The highest BCUT2D eigenvalue weighted by molar-refractivity contribution is 6.31. The van der Waals surface area contributed by atoms with Gasteiger partial charge in [-0.2, -0.15) is 0 Å². The predicted octanol–water partition coefficient (Wildman–Crippen LogP) is 3.44. The Morgan fingerprint density at radius 1 is 1.12 bits per heavy atom. The molecule has 0 unspecified atom stereocenters. The normalized spacial score (nSPS) is 10.2. The fraction of sp³-hybridized carbons (Fsp3) is 0.211. The third-order valence-corrected chi connectivity index (χ3v) is 3.77. The number of rotatable bonds is 8. The van der Waals surface area contributed by atoms with Crippen LogP contribution in [0.5, 0.6) is 5.75 Å². The van der Waals surface area contributed by atoms with E-state index in [1.165, 1.54) is 12.1 Å². The number of benzene rings is 2. The predicted molar refractivity (Wildman–Crippen MR) is 99.8 cm³/mol. The van der Waals surface area contributed by atoms with E-state index in [1.807, 2.05) is 6.92 Å². The first-order chi connectivity index (χ1) is 12.4. The van der Waals surface area contributed by atoms with Crippen molar-refractivity contribution in [1.82, 2.24) is 0 Å². The van der Waals surface area contributed by atoms with Crippen LogP contribution in [-0.4, -0.2) is 24.2 Å². The number of nitrogens with two attached hydrogens (primary N) is 1. The molecule has 0 saturated carbocycles. The Labute approximate surface area is 156 Å². The number of primary amides is 1. The van der Waals surface area contributed by atoms with Crippen LogP contribution < -0.4 is 15.8 Å². The molecular weight excluding hydrogens is 356 g/mol. The number of Topliss-reactive ketones (excluding diaryl/α,β-unsaturated/α-hetero) is 1. The number of anilines is 1. The van der Waals surface area contributed by atoms with Gasteiger partial charge in [0.25, 0.3) is 5.91 Å². The molecule has 2 rings (SSSR count). The van der Waals surface area contributed by atoms with Crippen LogP contribution in [0.4, 0.5) is 5.69 Å².